The first-order valence-electron chi connectivity index (χ1n) is 10.2. The van der Waals surface area contributed by atoms with Crippen LogP contribution < -0.4 is 10.5 Å². The van der Waals surface area contributed by atoms with Crippen molar-refractivity contribution >= 4 is 5.91 Å². The number of rotatable bonds is 7. The first-order valence-corrected chi connectivity index (χ1v) is 10.2. The lowest BCUT2D eigenvalue weighted by atomic mass is 9.89. The Morgan fingerprint density at radius 3 is 2.56 bits per heavy atom. The standard InChI is InChI=1S/C21H34N4O2/c1-17(25-12-10-23(2)11-13-25)19-6-8-24(9-7-19)15-18-4-3-5-20(14-18)27-16-21(22)26/h3-5,14,17,19H,6-13,15-16H2,1-2H3,(H2,22,26)/t17-/m1/s1. The van der Waals surface area contributed by atoms with Gasteiger partial charge in [-0.1, -0.05) is 12.1 Å². The van der Waals surface area contributed by atoms with Crippen LogP contribution in [0.25, 0.3) is 0 Å². The largest absolute Gasteiger partial charge is 0.484 e. The Kier molecular flexibility index (Phi) is 7.10. The van der Waals surface area contributed by atoms with Gasteiger partial charge < -0.3 is 15.4 Å². The summed E-state index contributed by atoms with van der Waals surface area (Å²) >= 11 is 0. The van der Waals surface area contributed by atoms with E-state index in [0.29, 0.717) is 11.8 Å². The van der Waals surface area contributed by atoms with Gasteiger partial charge in [-0.3, -0.25) is 14.6 Å². The second kappa shape index (κ2) is 9.53. The third-order valence-corrected chi connectivity index (χ3v) is 6.11. The number of primary amides is 1. The molecule has 2 aliphatic rings. The highest BCUT2D eigenvalue weighted by molar-refractivity contribution is 5.75. The monoisotopic (exact) mass is 374 g/mol. The first kappa shape index (κ1) is 20.1. The van der Waals surface area contributed by atoms with Gasteiger partial charge in [-0.15, -0.1) is 0 Å². The van der Waals surface area contributed by atoms with Gasteiger partial charge in [0, 0.05) is 38.8 Å². The molecule has 6 heteroatoms. The van der Waals surface area contributed by atoms with Gasteiger partial charge in [-0.05, 0) is 63.5 Å². The molecular formula is C21H34N4O2. The topological polar surface area (TPSA) is 62.0 Å². The summed E-state index contributed by atoms with van der Waals surface area (Å²) in [5, 5.41) is 0. The van der Waals surface area contributed by atoms with Gasteiger partial charge in [0.05, 0.1) is 0 Å². The smallest absolute Gasteiger partial charge is 0.255 e. The van der Waals surface area contributed by atoms with Crippen LogP contribution in [0.5, 0.6) is 5.75 Å². The van der Waals surface area contributed by atoms with Crippen LogP contribution in [0.2, 0.25) is 0 Å². The van der Waals surface area contributed by atoms with Gasteiger partial charge in [0.25, 0.3) is 5.91 Å². The Hall–Kier alpha value is -1.63. The van der Waals surface area contributed by atoms with Gasteiger partial charge in [0.15, 0.2) is 6.61 Å². The number of carbonyl (C=O) groups is 1. The fourth-order valence-electron chi connectivity index (χ4n) is 4.27. The van der Waals surface area contributed by atoms with Crippen LogP contribution >= 0.6 is 0 Å². The summed E-state index contributed by atoms with van der Waals surface area (Å²) in [5.74, 6) is 1.07. The summed E-state index contributed by atoms with van der Waals surface area (Å²) in [6, 6.07) is 8.67. The molecule has 2 saturated heterocycles. The number of hydrogen-bond acceptors (Lipinski definition) is 5. The molecule has 0 aromatic heterocycles. The quantitative estimate of drug-likeness (QED) is 0.782. The number of carbonyl (C=O) groups excluding carboxylic acids is 1. The molecule has 0 radical (unpaired) electrons. The number of piperidine rings is 1. The van der Waals surface area contributed by atoms with Gasteiger partial charge in [-0.25, -0.2) is 0 Å². The molecule has 1 atom stereocenters. The zero-order chi connectivity index (χ0) is 19.2. The predicted octanol–water partition coefficient (Wildman–Crippen LogP) is 1.40. The summed E-state index contributed by atoms with van der Waals surface area (Å²) in [6.07, 6.45) is 2.54. The van der Waals surface area contributed by atoms with Gasteiger partial charge >= 0.3 is 0 Å². The van der Waals surface area contributed by atoms with Crippen molar-refractivity contribution in [1.29, 1.82) is 0 Å². The molecule has 0 aliphatic carbocycles. The molecule has 150 valence electrons. The number of amides is 1. The zero-order valence-electron chi connectivity index (χ0n) is 16.8. The maximum Gasteiger partial charge on any atom is 0.255 e. The zero-order valence-corrected chi connectivity index (χ0v) is 16.8. The first-order chi connectivity index (χ1) is 13.0. The average Bonchev–Trinajstić information content (AvgIpc) is 2.67. The fraction of sp³-hybridized carbons (Fsp3) is 0.667. The summed E-state index contributed by atoms with van der Waals surface area (Å²) in [4.78, 5) is 18.5. The van der Waals surface area contributed by atoms with Crippen molar-refractivity contribution in [3.63, 3.8) is 0 Å². The van der Waals surface area contributed by atoms with Crippen LogP contribution in [0.15, 0.2) is 24.3 Å². The van der Waals surface area contributed by atoms with Crippen LogP contribution in [0.3, 0.4) is 0 Å². The van der Waals surface area contributed by atoms with Crippen molar-refractivity contribution in [3.8, 4) is 5.75 Å². The van der Waals surface area contributed by atoms with Gasteiger partial charge in [0.1, 0.15) is 5.75 Å². The van der Waals surface area contributed by atoms with E-state index < -0.39 is 5.91 Å². The molecular weight excluding hydrogens is 340 g/mol. The molecule has 2 heterocycles. The van der Waals surface area contributed by atoms with E-state index in [1.807, 2.05) is 18.2 Å². The van der Waals surface area contributed by atoms with Crippen molar-refractivity contribution in [2.24, 2.45) is 11.7 Å². The van der Waals surface area contributed by atoms with Crippen LogP contribution in [-0.4, -0.2) is 79.6 Å². The number of hydrogen-bond donors (Lipinski definition) is 1. The van der Waals surface area contributed by atoms with E-state index in [4.69, 9.17) is 10.5 Å². The second-order valence-electron chi connectivity index (χ2n) is 8.10. The fourth-order valence-corrected chi connectivity index (χ4v) is 4.27. The third-order valence-electron chi connectivity index (χ3n) is 6.11. The van der Waals surface area contributed by atoms with E-state index in [1.165, 1.54) is 44.6 Å². The van der Waals surface area contributed by atoms with Crippen LogP contribution in [0, 0.1) is 5.92 Å². The molecule has 2 N–H and O–H groups in total. The average molecular weight is 375 g/mol. The molecule has 0 bridgehead atoms. The molecule has 27 heavy (non-hydrogen) atoms. The normalized spacial score (nSPS) is 21.9. The van der Waals surface area contributed by atoms with E-state index in [1.54, 1.807) is 0 Å². The minimum absolute atomic E-state index is 0.0704. The Balaban J connectivity index is 1.45. The summed E-state index contributed by atoms with van der Waals surface area (Å²) in [7, 11) is 2.22. The van der Waals surface area contributed by atoms with Crippen molar-refractivity contribution in [1.82, 2.24) is 14.7 Å². The highest BCUT2D eigenvalue weighted by Gasteiger charge is 2.29. The lowest BCUT2D eigenvalue weighted by Crippen LogP contribution is -2.51. The Bertz CT molecular complexity index is 608. The molecule has 0 saturated carbocycles. The number of likely N-dealkylation sites (N-methyl/N-ethyl adjacent to an activating group) is 1. The van der Waals surface area contributed by atoms with E-state index in [2.05, 4.69) is 34.7 Å². The Morgan fingerprint density at radius 2 is 1.89 bits per heavy atom. The number of nitrogens with two attached hydrogens (primary N) is 1. The summed E-state index contributed by atoms with van der Waals surface area (Å²) in [5.41, 5.74) is 6.37. The number of ether oxygens (including phenoxy) is 1. The van der Waals surface area contributed by atoms with Crippen molar-refractivity contribution in [3.05, 3.63) is 29.8 Å². The summed E-state index contributed by atoms with van der Waals surface area (Å²) in [6.45, 7) is 10.4. The van der Waals surface area contributed by atoms with E-state index in [-0.39, 0.29) is 6.61 Å². The number of nitrogens with zero attached hydrogens (tertiary/aromatic N) is 3. The van der Waals surface area contributed by atoms with Crippen LogP contribution in [0.4, 0.5) is 0 Å². The van der Waals surface area contributed by atoms with Crippen LogP contribution in [0.1, 0.15) is 25.3 Å². The molecule has 1 amide bonds. The minimum atomic E-state index is -0.447. The van der Waals surface area contributed by atoms with E-state index in [0.717, 1.165) is 25.6 Å². The lowest BCUT2D eigenvalue weighted by Gasteiger charge is -2.42. The van der Waals surface area contributed by atoms with E-state index >= 15 is 0 Å². The molecule has 2 aliphatic heterocycles. The van der Waals surface area contributed by atoms with Crippen molar-refractivity contribution in [2.75, 3.05) is 52.9 Å². The molecule has 2 fully saturated rings. The maximum atomic E-state index is 10.9. The van der Waals surface area contributed by atoms with Gasteiger partial charge in [0.2, 0.25) is 0 Å². The maximum absolute atomic E-state index is 10.9. The third kappa shape index (κ3) is 5.92. The van der Waals surface area contributed by atoms with Crippen molar-refractivity contribution in [2.45, 2.75) is 32.4 Å². The molecule has 3 rings (SSSR count). The molecule has 6 nitrogen and oxygen atoms in total. The van der Waals surface area contributed by atoms with E-state index in [9.17, 15) is 4.79 Å². The van der Waals surface area contributed by atoms with Crippen LogP contribution in [-0.2, 0) is 11.3 Å². The van der Waals surface area contributed by atoms with Crippen molar-refractivity contribution < 1.29 is 9.53 Å². The lowest BCUT2D eigenvalue weighted by molar-refractivity contribution is -0.119. The number of likely N-dealkylation sites (tertiary alicyclic amines) is 1. The Morgan fingerprint density at radius 1 is 1.19 bits per heavy atom. The molecule has 1 aromatic rings. The molecule has 1 aromatic carbocycles. The minimum Gasteiger partial charge on any atom is -0.484 e. The predicted molar refractivity (Wildman–Crippen MR) is 108 cm³/mol. The van der Waals surface area contributed by atoms with Gasteiger partial charge in [-0.2, -0.15) is 0 Å². The molecule has 0 spiro atoms. The number of piperazine rings is 1. The SMILES string of the molecule is C[C@H](C1CCN(Cc2cccc(OCC(N)=O)c2)CC1)N1CCN(C)CC1. The highest BCUT2D eigenvalue weighted by atomic mass is 16.5. The summed E-state index contributed by atoms with van der Waals surface area (Å²) < 4.78 is 5.42. The second-order valence-corrected chi connectivity index (χ2v) is 8.10. The Labute approximate surface area is 163 Å². The number of benzene rings is 1. The highest BCUT2D eigenvalue weighted by Crippen LogP contribution is 2.26. The molecule has 0 unspecified atom stereocenters.